The van der Waals surface area contributed by atoms with Crippen molar-refractivity contribution in [1.29, 1.82) is 0 Å². The largest absolute Gasteiger partial charge is 0.450 e. The van der Waals surface area contributed by atoms with Gasteiger partial charge in [-0.15, -0.1) is 0 Å². The maximum absolute atomic E-state index is 11.5. The van der Waals surface area contributed by atoms with Gasteiger partial charge in [-0.3, -0.25) is 5.32 Å². The van der Waals surface area contributed by atoms with Crippen molar-refractivity contribution in [1.82, 2.24) is 4.90 Å². The summed E-state index contributed by atoms with van der Waals surface area (Å²) in [6.45, 7) is 9.58. The van der Waals surface area contributed by atoms with Crippen LogP contribution in [0.15, 0.2) is 24.3 Å². The van der Waals surface area contributed by atoms with E-state index in [4.69, 9.17) is 4.74 Å². The molecule has 19 heavy (non-hydrogen) atoms. The Bertz CT molecular complexity index is 389. The molecule has 0 saturated heterocycles. The van der Waals surface area contributed by atoms with Gasteiger partial charge in [0.25, 0.3) is 0 Å². The highest BCUT2D eigenvalue weighted by molar-refractivity contribution is 5.85. The molecule has 0 bridgehead atoms. The number of carbonyl (C=O) groups is 1. The Morgan fingerprint density at radius 1 is 1.21 bits per heavy atom. The monoisotopic (exact) mass is 264 g/mol. The highest BCUT2D eigenvalue weighted by Gasteiger charge is 2.07. The first-order valence-electron chi connectivity index (χ1n) is 6.95. The van der Waals surface area contributed by atoms with E-state index in [1.54, 1.807) is 6.92 Å². The SMILES string of the molecule is CCOC(=O)Nc1ccccc1CCN(CC)CC. The van der Waals surface area contributed by atoms with Crippen LogP contribution < -0.4 is 5.32 Å². The average Bonchev–Trinajstić information content (AvgIpc) is 2.42. The normalized spacial score (nSPS) is 10.5. The Hall–Kier alpha value is -1.55. The molecule has 0 aliphatic heterocycles. The zero-order valence-electron chi connectivity index (χ0n) is 12.1. The van der Waals surface area contributed by atoms with E-state index in [0.29, 0.717) is 6.61 Å². The maximum atomic E-state index is 11.5. The molecule has 0 radical (unpaired) electrons. The zero-order valence-corrected chi connectivity index (χ0v) is 12.1. The summed E-state index contributed by atoms with van der Waals surface area (Å²) < 4.78 is 4.91. The zero-order chi connectivity index (χ0) is 14.1. The minimum Gasteiger partial charge on any atom is -0.450 e. The van der Waals surface area contributed by atoms with Crippen LogP contribution in [0.4, 0.5) is 10.5 Å². The fraction of sp³-hybridized carbons (Fsp3) is 0.533. The highest BCUT2D eigenvalue weighted by Crippen LogP contribution is 2.16. The van der Waals surface area contributed by atoms with Gasteiger partial charge in [-0.05, 0) is 38.1 Å². The Morgan fingerprint density at radius 3 is 2.53 bits per heavy atom. The first-order valence-corrected chi connectivity index (χ1v) is 6.95. The smallest absolute Gasteiger partial charge is 0.411 e. The van der Waals surface area contributed by atoms with E-state index in [1.165, 1.54) is 0 Å². The lowest BCUT2D eigenvalue weighted by molar-refractivity contribution is 0.168. The molecule has 4 heteroatoms. The van der Waals surface area contributed by atoms with Crippen molar-refractivity contribution in [3.05, 3.63) is 29.8 Å². The lowest BCUT2D eigenvalue weighted by atomic mass is 10.1. The number of benzene rings is 1. The molecule has 0 unspecified atom stereocenters. The van der Waals surface area contributed by atoms with Crippen LogP contribution in [0.25, 0.3) is 0 Å². The lowest BCUT2D eigenvalue weighted by Gasteiger charge is -2.19. The van der Waals surface area contributed by atoms with E-state index in [9.17, 15) is 4.79 Å². The van der Waals surface area contributed by atoms with Crippen LogP contribution in [0, 0.1) is 0 Å². The van der Waals surface area contributed by atoms with Crippen LogP contribution in [0.3, 0.4) is 0 Å². The van der Waals surface area contributed by atoms with Crippen molar-refractivity contribution >= 4 is 11.8 Å². The van der Waals surface area contributed by atoms with Crippen LogP contribution in [-0.4, -0.2) is 37.2 Å². The number of hydrogen-bond donors (Lipinski definition) is 1. The minimum atomic E-state index is -0.391. The van der Waals surface area contributed by atoms with Crippen LogP contribution in [0.2, 0.25) is 0 Å². The van der Waals surface area contributed by atoms with Gasteiger partial charge in [-0.1, -0.05) is 32.0 Å². The number of amides is 1. The van der Waals surface area contributed by atoms with E-state index in [2.05, 4.69) is 24.1 Å². The number of nitrogens with zero attached hydrogens (tertiary/aromatic N) is 1. The molecule has 0 aliphatic rings. The Labute approximate surface area is 115 Å². The molecule has 1 N–H and O–H groups in total. The van der Waals surface area contributed by atoms with Crippen LogP contribution in [0.5, 0.6) is 0 Å². The van der Waals surface area contributed by atoms with Crippen molar-refractivity contribution in [2.75, 3.05) is 31.6 Å². The fourth-order valence-corrected chi connectivity index (χ4v) is 1.96. The first kappa shape index (κ1) is 15.5. The average molecular weight is 264 g/mol. The van der Waals surface area contributed by atoms with Gasteiger partial charge in [-0.2, -0.15) is 0 Å². The number of rotatable bonds is 7. The second kappa shape index (κ2) is 8.53. The summed E-state index contributed by atoms with van der Waals surface area (Å²) in [4.78, 5) is 13.8. The summed E-state index contributed by atoms with van der Waals surface area (Å²) in [6.07, 6.45) is 0.530. The molecular weight excluding hydrogens is 240 g/mol. The third-order valence-corrected chi connectivity index (χ3v) is 3.12. The highest BCUT2D eigenvalue weighted by atomic mass is 16.5. The van der Waals surface area contributed by atoms with Crippen molar-refractivity contribution in [3.63, 3.8) is 0 Å². The summed E-state index contributed by atoms with van der Waals surface area (Å²) in [5, 5.41) is 2.79. The van der Waals surface area contributed by atoms with Crippen LogP contribution in [-0.2, 0) is 11.2 Å². The maximum Gasteiger partial charge on any atom is 0.411 e. The van der Waals surface area contributed by atoms with Gasteiger partial charge in [0, 0.05) is 12.2 Å². The molecule has 1 amide bonds. The number of nitrogens with one attached hydrogen (secondary N) is 1. The summed E-state index contributed by atoms with van der Waals surface area (Å²) in [6, 6.07) is 7.87. The second-order valence-electron chi connectivity index (χ2n) is 4.28. The van der Waals surface area contributed by atoms with Gasteiger partial charge in [0.1, 0.15) is 0 Å². The third-order valence-electron chi connectivity index (χ3n) is 3.12. The summed E-state index contributed by atoms with van der Waals surface area (Å²) in [5.74, 6) is 0. The quantitative estimate of drug-likeness (QED) is 0.822. The van der Waals surface area contributed by atoms with Gasteiger partial charge in [0.05, 0.1) is 6.61 Å². The Balaban J connectivity index is 2.64. The predicted molar refractivity (Wildman–Crippen MR) is 78.6 cm³/mol. The third kappa shape index (κ3) is 5.30. The van der Waals surface area contributed by atoms with Crippen molar-refractivity contribution < 1.29 is 9.53 Å². The van der Waals surface area contributed by atoms with E-state index >= 15 is 0 Å². The number of para-hydroxylation sites is 1. The predicted octanol–water partition coefficient (Wildman–Crippen LogP) is 3.14. The van der Waals surface area contributed by atoms with Gasteiger partial charge >= 0.3 is 6.09 Å². The molecule has 0 aliphatic carbocycles. The second-order valence-corrected chi connectivity index (χ2v) is 4.28. The van der Waals surface area contributed by atoms with Crippen LogP contribution in [0.1, 0.15) is 26.3 Å². The fourth-order valence-electron chi connectivity index (χ4n) is 1.96. The minimum absolute atomic E-state index is 0.382. The molecule has 0 saturated carbocycles. The number of carbonyl (C=O) groups excluding carboxylic acids is 1. The molecule has 1 aromatic carbocycles. The van der Waals surface area contributed by atoms with Gasteiger partial charge < -0.3 is 9.64 Å². The van der Waals surface area contributed by atoms with E-state index in [1.807, 2.05) is 24.3 Å². The number of likely N-dealkylation sites (N-methyl/N-ethyl adjacent to an activating group) is 1. The molecular formula is C15H24N2O2. The Morgan fingerprint density at radius 2 is 1.89 bits per heavy atom. The summed E-state index contributed by atoms with van der Waals surface area (Å²) in [7, 11) is 0. The summed E-state index contributed by atoms with van der Waals surface area (Å²) in [5.41, 5.74) is 1.98. The Kier molecular flexibility index (Phi) is 6.97. The molecule has 0 atom stereocenters. The van der Waals surface area contributed by atoms with Gasteiger partial charge in [0.2, 0.25) is 0 Å². The number of anilines is 1. The van der Waals surface area contributed by atoms with Gasteiger partial charge in [0.15, 0.2) is 0 Å². The molecule has 0 aromatic heterocycles. The first-order chi connectivity index (χ1) is 9.21. The van der Waals surface area contributed by atoms with Crippen molar-refractivity contribution in [2.24, 2.45) is 0 Å². The molecule has 0 heterocycles. The molecule has 106 valence electrons. The molecule has 1 aromatic rings. The number of hydrogen-bond acceptors (Lipinski definition) is 3. The van der Waals surface area contributed by atoms with Gasteiger partial charge in [-0.25, -0.2) is 4.79 Å². The lowest BCUT2D eigenvalue weighted by Crippen LogP contribution is -2.25. The standard InChI is InChI=1S/C15H24N2O2/c1-4-17(5-2)12-11-13-9-7-8-10-14(13)16-15(18)19-6-3/h7-10H,4-6,11-12H2,1-3H3,(H,16,18). The molecule has 4 nitrogen and oxygen atoms in total. The number of ether oxygens (including phenoxy) is 1. The van der Waals surface area contributed by atoms with Crippen LogP contribution >= 0.6 is 0 Å². The van der Waals surface area contributed by atoms with Crippen molar-refractivity contribution in [2.45, 2.75) is 27.2 Å². The molecule has 0 spiro atoms. The topological polar surface area (TPSA) is 41.6 Å². The van der Waals surface area contributed by atoms with Crippen molar-refractivity contribution in [3.8, 4) is 0 Å². The summed E-state index contributed by atoms with van der Waals surface area (Å²) >= 11 is 0. The molecule has 0 fully saturated rings. The molecule has 1 rings (SSSR count). The van der Waals surface area contributed by atoms with E-state index in [0.717, 1.165) is 37.3 Å². The van der Waals surface area contributed by atoms with E-state index < -0.39 is 6.09 Å². The van der Waals surface area contributed by atoms with E-state index in [-0.39, 0.29) is 0 Å².